The summed E-state index contributed by atoms with van der Waals surface area (Å²) in [5.74, 6) is 5.43. The Bertz CT molecular complexity index is 1180. The zero-order chi connectivity index (χ0) is 20.6. The number of carboxylic acid groups (broad SMARTS) is 1. The fourth-order valence-electron chi connectivity index (χ4n) is 3.74. The lowest BCUT2D eigenvalue weighted by atomic mass is 9.86. The quantitative estimate of drug-likeness (QED) is 0.571. The maximum atomic E-state index is 11.0. The van der Waals surface area contributed by atoms with Gasteiger partial charge in [0, 0.05) is 16.5 Å². The lowest BCUT2D eigenvalue weighted by Gasteiger charge is -2.17. The Hall–Kier alpha value is -3.57. The van der Waals surface area contributed by atoms with Gasteiger partial charge in [0.05, 0.1) is 5.56 Å². The number of aromatic carboxylic acids is 1. The van der Waals surface area contributed by atoms with Crippen molar-refractivity contribution in [3.8, 4) is 11.8 Å². The van der Waals surface area contributed by atoms with Crippen LogP contribution in [0, 0.1) is 18.8 Å². The largest absolute Gasteiger partial charge is 0.478 e. The highest BCUT2D eigenvalue weighted by molar-refractivity contribution is 5.88. The topological polar surface area (TPSA) is 37.3 Å². The molecule has 2 heteroatoms. The fraction of sp³-hybridized carbons (Fsp3) is 0.148. The van der Waals surface area contributed by atoms with E-state index in [0.29, 0.717) is 0 Å². The van der Waals surface area contributed by atoms with Crippen LogP contribution in [0.3, 0.4) is 0 Å². The molecule has 0 amide bonds. The third kappa shape index (κ3) is 3.73. The highest BCUT2D eigenvalue weighted by Crippen LogP contribution is 2.43. The van der Waals surface area contributed by atoms with E-state index in [-0.39, 0.29) is 11.0 Å². The molecule has 0 heterocycles. The average molecular weight is 378 g/mol. The van der Waals surface area contributed by atoms with Crippen molar-refractivity contribution in [1.82, 2.24) is 0 Å². The molecule has 0 atom stereocenters. The molecule has 1 aliphatic rings. The third-order valence-corrected chi connectivity index (χ3v) is 5.35. The van der Waals surface area contributed by atoms with Crippen LogP contribution in [-0.2, 0) is 5.41 Å². The van der Waals surface area contributed by atoms with Crippen molar-refractivity contribution in [2.24, 2.45) is 0 Å². The molecule has 0 saturated heterocycles. The van der Waals surface area contributed by atoms with E-state index >= 15 is 0 Å². The number of hydrogen-bond donors (Lipinski definition) is 1. The second-order valence-corrected chi connectivity index (χ2v) is 8.04. The van der Waals surface area contributed by atoms with Crippen LogP contribution in [0.1, 0.15) is 57.6 Å². The summed E-state index contributed by atoms with van der Waals surface area (Å²) in [6, 6.07) is 21.7. The van der Waals surface area contributed by atoms with Crippen LogP contribution in [0.5, 0.6) is 0 Å². The molecule has 3 aromatic carbocycles. The molecule has 0 fully saturated rings. The van der Waals surface area contributed by atoms with Crippen molar-refractivity contribution in [3.63, 3.8) is 0 Å². The Morgan fingerprint density at radius 2 is 1.48 bits per heavy atom. The molecule has 1 aliphatic carbocycles. The molecule has 1 N–H and O–H groups in total. The Morgan fingerprint density at radius 3 is 2.14 bits per heavy atom. The number of hydrogen-bond acceptors (Lipinski definition) is 1. The van der Waals surface area contributed by atoms with Gasteiger partial charge in [0.1, 0.15) is 0 Å². The summed E-state index contributed by atoms with van der Waals surface area (Å²) in [5.41, 5.74) is 8.25. The van der Waals surface area contributed by atoms with Gasteiger partial charge in [-0.1, -0.05) is 67.7 Å². The molecule has 4 rings (SSSR count). The first-order chi connectivity index (χ1) is 13.8. The van der Waals surface area contributed by atoms with Crippen LogP contribution in [-0.4, -0.2) is 11.1 Å². The summed E-state index contributed by atoms with van der Waals surface area (Å²) >= 11 is 0. The van der Waals surface area contributed by atoms with Crippen LogP contribution in [0.25, 0.3) is 5.57 Å². The lowest BCUT2D eigenvalue weighted by Crippen LogP contribution is -2.10. The Morgan fingerprint density at radius 1 is 0.862 bits per heavy atom. The number of rotatable bonds is 2. The minimum Gasteiger partial charge on any atom is -0.478 e. The lowest BCUT2D eigenvalue weighted by molar-refractivity contribution is 0.0697. The first-order valence-electron chi connectivity index (χ1n) is 9.64. The van der Waals surface area contributed by atoms with Gasteiger partial charge in [0.15, 0.2) is 0 Å². The number of carboxylic acids is 1. The van der Waals surface area contributed by atoms with Gasteiger partial charge < -0.3 is 5.11 Å². The fourth-order valence-corrected chi connectivity index (χ4v) is 3.74. The maximum absolute atomic E-state index is 11.0. The summed E-state index contributed by atoms with van der Waals surface area (Å²) in [6.45, 7) is 6.58. The minimum atomic E-state index is -0.929. The first-order valence-corrected chi connectivity index (χ1v) is 9.64. The number of allylic oxidation sites excluding steroid dienone is 1. The van der Waals surface area contributed by atoms with Crippen molar-refractivity contribution in [1.29, 1.82) is 0 Å². The summed E-state index contributed by atoms with van der Waals surface area (Å²) in [7, 11) is 0. The molecule has 29 heavy (non-hydrogen) atoms. The molecule has 0 saturated carbocycles. The predicted molar refractivity (Wildman–Crippen MR) is 117 cm³/mol. The Labute approximate surface area is 171 Å². The smallest absolute Gasteiger partial charge is 0.335 e. The van der Waals surface area contributed by atoms with Crippen LogP contribution >= 0.6 is 0 Å². The van der Waals surface area contributed by atoms with Crippen molar-refractivity contribution < 1.29 is 9.90 Å². The summed E-state index contributed by atoms with van der Waals surface area (Å²) in [6.07, 6.45) is 2.34. The van der Waals surface area contributed by atoms with E-state index in [9.17, 15) is 4.79 Å². The molecule has 0 spiro atoms. The standard InChI is InChI=1S/C27H22O2/c1-18-4-11-21(12-5-18)24-17-27(2,3)25-15-10-20(16-23(24)25)7-6-19-8-13-22(14-9-19)26(28)29/h4-5,8-17H,1-3H3,(H,28,29). The number of aryl methyl sites for hydroxylation is 1. The molecule has 3 aromatic rings. The molecule has 142 valence electrons. The highest BCUT2D eigenvalue weighted by Gasteiger charge is 2.30. The van der Waals surface area contributed by atoms with E-state index in [1.165, 1.54) is 27.8 Å². The van der Waals surface area contributed by atoms with Crippen LogP contribution in [0.15, 0.2) is 72.8 Å². The second-order valence-electron chi connectivity index (χ2n) is 8.04. The molecular weight excluding hydrogens is 356 g/mol. The van der Waals surface area contributed by atoms with Gasteiger partial charge in [0.25, 0.3) is 0 Å². The van der Waals surface area contributed by atoms with E-state index < -0.39 is 5.97 Å². The minimum absolute atomic E-state index is 0.0197. The SMILES string of the molecule is Cc1ccc(C2=CC(C)(C)c3ccc(C#Cc4ccc(C(=O)O)cc4)cc32)cc1. The number of benzene rings is 3. The molecule has 0 aromatic heterocycles. The summed E-state index contributed by atoms with van der Waals surface area (Å²) in [5, 5.41) is 9.01. The summed E-state index contributed by atoms with van der Waals surface area (Å²) < 4.78 is 0. The molecule has 0 unspecified atom stereocenters. The van der Waals surface area contributed by atoms with Crippen LogP contribution in [0.2, 0.25) is 0 Å². The zero-order valence-electron chi connectivity index (χ0n) is 16.8. The molecule has 0 aliphatic heterocycles. The molecular formula is C27H22O2. The van der Waals surface area contributed by atoms with E-state index in [1.807, 2.05) is 0 Å². The monoisotopic (exact) mass is 378 g/mol. The van der Waals surface area contributed by atoms with Gasteiger partial charge in [-0.25, -0.2) is 4.79 Å². The van der Waals surface area contributed by atoms with Gasteiger partial charge in [-0.3, -0.25) is 0 Å². The number of carbonyl (C=O) groups is 1. The van der Waals surface area contributed by atoms with Gasteiger partial charge in [-0.15, -0.1) is 0 Å². The molecule has 0 bridgehead atoms. The van der Waals surface area contributed by atoms with Crippen molar-refractivity contribution in [2.45, 2.75) is 26.2 Å². The summed E-state index contributed by atoms with van der Waals surface area (Å²) in [4.78, 5) is 11.0. The van der Waals surface area contributed by atoms with Crippen molar-refractivity contribution >= 4 is 11.5 Å². The molecule has 2 nitrogen and oxygen atoms in total. The van der Waals surface area contributed by atoms with Gasteiger partial charge in [0.2, 0.25) is 0 Å². The van der Waals surface area contributed by atoms with Gasteiger partial charge in [-0.05, 0) is 65.6 Å². The van der Waals surface area contributed by atoms with E-state index in [2.05, 4.69) is 81.2 Å². The highest BCUT2D eigenvalue weighted by atomic mass is 16.4. The number of fused-ring (bicyclic) bond motifs is 1. The van der Waals surface area contributed by atoms with Crippen LogP contribution in [0.4, 0.5) is 0 Å². The Balaban J connectivity index is 1.70. The van der Waals surface area contributed by atoms with E-state index in [4.69, 9.17) is 5.11 Å². The van der Waals surface area contributed by atoms with E-state index in [0.717, 1.165) is 11.1 Å². The Kier molecular flexibility index (Phi) is 4.60. The van der Waals surface area contributed by atoms with Gasteiger partial charge >= 0.3 is 5.97 Å². The van der Waals surface area contributed by atoms with Crippen molar-refractivity contribution in [2.75, 3.05) is 0 Å². The van der Waals surface area contributed by atoms with Gasteiger partial charge in [-0.2, -0.15) is 0 Å². The molecule has 0 radical (unpaired) electrons. The third-order valence-electron chi connectivity index (χ3n) is 5.35. The maximum Gasteiger partial charge on any atom is 0.335 e. The van der Waals surface area contributed by atoms with Crippen molar-refractivity contribution in [3.05, 3.63) is 112 Å². The second kappa shape index (κ2) is 7.11. The first kappa shape index (κ1) is 18.8. The average Bonchev–Trinajstić information content (AvgIpc) is 2.98. The normalized spacial score (nSPS) is 13.8. The van der Waals surface area contributed by atoms with E-state index in [1.54, 1.807) is 24.3 Å². The zero-order valence-corrected chi connectivity index (χ0v) is 16.8. The predicted octanol–water partition coefficient (Wildman–Crippen LogP) is 5.82. The van der Waals surface area contributed by atoms with Crippen LogP contribution < -0.4 is 0 Å².